The number of imidazole rings is 1. The van der Waals surface area contributed by atoms with Gasteiger partial charge in [-0.15, -0.1) is 0 Å². The minimum Gasteiger partial charge on any atom is -0.300 e. The van der Waals surface area contributed by atoms with Crippen LogP contribution in [-0.2, 0) is 6.42 Å². The van der Waals surface area contributed by atoms with E-state index in [0.29, 0.717) is 11.3 Å². The first-order chi connectivity index (χ1) is 10.6. The van der Waals surface area contributed by atoms with E-state index in [2.05, 4.69) is 11.1 Å². The van der Waals surface area contributed by atoms with E-state index in [0.717, 1.165) is 17.0 Å². The lowest BCUT2D eigenvalue weighted by molar-refractivity contribution is -0.384. The Morgan fingerprint density at radius 2 is 2.09 bits per heavy atom. The summed E-state index contributed by atoms with van der Waals surface area (Å²) < 4.78 is 1.91. The van der Waals surface area contributed by atoms with Crippen molar-refractivity contribution in [1.29, 1.82) is 5.26 Å². The summed E-state index contributed by atoms with van der Waals surface area (Å²) >= 11 is 0. The highest BCUT2D eigenvalue weighted by atomic mass is 16.6. The number of pyridine rings is 1. The van der Waals surface area contributed by atoms with Crippen molar-refractivity contribution in [3.63, 3.8) is 0 Å². The van der Waals surface area contributed by atoms with Gasteiger partial charge >= 0.3 is 0 Å². The maximum atomic E-state index is 10.9. The molecule has 6 nitrogen and oxygen atoms in total. The number of nitrogens with zero attached hydrogens (tertiary/aromatic N) is 4. The Morgan fingerprint density at radius 3 is 2.82 bits per heavy atom. The van der Waals surface area contributed by atoms with E-state index in [1.54, 1.807) is 12.1 Å². The zero-order valence-corrected chi connectivity index (χ0v) is 11.9. The number of fused-ring (bicyclic) bond motifs is 1. The molecule has 0 saturated carbocycles. The molecule has 0 aliphatic carbocycles. The molecule has 3 rings (SSSR count). The predicted octanol–water partition coefficient (Wildman–Crippen LogP) is 3.28. The second-order valence-electron chi connectivity index (χ2n) is 4.91. The fourth-order valence-corrected chi connectivity index (χ4v) is 2.56. The number of aromatic nitrogens is 2. The van der Waals surface area contributed by atoms with Crippen molar-refractivity contribution in [2.24, 2.45) is 0 Å². The molecule has 2 aromatic heterocycles. The molecule has 0 N–H and O–H groups in total. The van der Waals surface area contributed by atoms with Crippen molar-refractivity contribution < 1.29 is 4.92 Å². The number of non-ortho nitro benzene ring substituents is 1. The fourth-order valence-electron chi connectivity index (χ4n) is 2.56. The van der Waals surface area contributed by atoms with Crippen molar-refractivity contribution in [1.82, 2.24) is 9.38 Å². The van der Waals surface area contributed by atoms with Gasteiger partial charge in [0.25, 0.3) is 5.69 Å². The molecule has 2 heterocycles. The topological polar surface area (TPSA) is 84.2 Å². The van der Waals surface area contributed by atoms with Crippen LogP contribution in [0.1, 0.15) is 11.4 Å². The molecule has 0 saturated heterocycles. The van der Waals surface area contributed by atoms with E-state index in [1.807, 2.05) is 29.5 Å². The molecule has 0 unspecified atom stereocenters. The largest absolute Gasteiger partial charge is 0.300 e. The van der Waals surface area contributed by atoms with Crippen LogP contribution in [0.25, 0.3) is 16.9 Å². The third kappa shape index (κ3) is 2.19. The number of benzene rings is 1. The van der Waals surface area contributed by atoms with E-state index >= 15 is 0 Å². The Balaban J connectivity index is 2.29. The molecule has 0 aliphatic heterocycles. The van der Waals surface area contributed by atoms with Gasteiger partial charge in [-0.25, -0.2) is 4.98 Å². The molecular weight excluding hydrogens is 280 g/mol. The van der Waals surface area contributed by atoms with Gasteiger partial charge in [-0.05, 0) is 19.1 Å². The average molecular weight is 292 g/mol. The summed E-state index contributed by atoms with van der Waals surface area (Å²) in [5.41, 5.74) is 3.70. The van der Waals surface area contributed by atoms with Gasteiger partial charge in [0.15, 0.2) is 0 Å². The van der Waals surface area contributed by atoms with Crippen LogP contribution in [0.4, 0.5) is 5.69 Å². The van der Waals surface area contributed by atoms with E-state index in [4.69, 9.17) is 5.26 Å². The number of nitro groups is 1. The second-order valence-corrected chi connectivity index (χ2v) is 4.91. The number of hydrogen-bond donors (Lipinski definition) is 0. The summed E-state index contributed by atoms with van der Waals surface area (Å²) in [6.45, 7) is 1.94. The Labute approximate surface area is 126 Å². The molecule has 0 aliphatic rings. The lowest BCUT2D eigenvalue weighted by Crippen LogP contribution is -1.97. The summed E-state index contributed by atoms with van der Waals surface area (Å²) in [5, 5.41) is 20.1. The Hall–Kier alpha value is -3.20. The number of aryl methyl sites for hydroxylation is 1. The molecule has 3 aromatic rings. The number of rotatable bonds is 3. The summed E-state index contributed by atoms with van der Waals surface area (Å²) in [5.74, 6) is 0. The SMILES string of the molecule is Cc1cccc2nc(-c3cccc([N+](=O)[O-])c3)c(CC#N)n12. The first kappa shape index (κ1) is 13.8. The lowest BCUT2D eigenvalue weighted by Gasteiger charge is -2.04. The van der Waals surface area contributed by atoms with Gasteiger partial charge in [0.05, 0.1) is 28.8 Å². The van der Waals surface area contributed by atoms with Gasteiger partial charge in [0, 0.05) is 23.4 Å². The summed E-state index contributed by atoms with van der Waals surface area (Å²) in [4.78, 5) is 15.1. The second kappa shape index (κ2) is 5.30. The van der Waals surface area contributed by atoms with E-state index in [1.165, 1.54) is 12.1 Å². The standard InChI is InChI=1S/C16H12N4O2/c1-11-4-2-7-15-18-16(14(8-9-17)19(11)15)12-5-3-6-13(10-12)20(21)22/h2-7,10H,8H2,1H3. The smallest absolute Gasteiger partial charge is 0.270 e. The number of nitriles is 1. The molecule has 0 fully saturated rings. The zero-order chi connectivity index (χ0) is 15.7. The van der Waals surface area contributed by atoms with Crippen LogP contribution in [-0.4, -0.2) is 14.3 Å². The summed E-state index contributed by atoms with van der Waals surface area (Å²) in [6.07, 6.45) is 0.185. The Morgan fingerprint density at radius 1 is 1.32 bits per heavy atom. The van der Waals surface area contributed by atoms with Crippen LogP contribution >= 0.6 is 0 Å². The molecular formula is C16H12N4O2. The molecule has 0 atom stereocenters. The van der Waals surface area contributed by atoms with Crippen LogP contribution in [0, 0.1) is 28.4 Å². The number of nitro benzene ring substituents is 1. The minimum atomic E-state index is -0.436. The molecule has 0 bridgehead atoms. The molecule has 6 heteroatoms. The van der Waals surface area contributed by atoms with E-state index < -0.39 is 4.92 Å². The molecule has 108 valence electrons. The normalized spacial score (nSPS) is 10.5. The van der Waals surface area contributed by atoms with Crippen LogP contribution in [0.2, 0.25) is 0 Å². The monoisotopic (exact) mass is 292 g/mol. The summed E-state index contributed by atoms with van der Waals surface area (Å²) in [6, 6.07) is 14.1. The highest BCUT2D eigenvalue weighted by molar-refractivity contribution is 5.69. The highest BCUT2D eigenvalue weighted by Gasteiger charge is 2.17. The molecule has 1 aromatic carbocycles. The van der Waals surface area contributed by atoms with Crippen molar-refractivity contribution in [2.75, 3.05) is 0 Å². The van der Waals surface area contributed by atoms with Gasteiger partial charge in [-0.1, -0.05) is 18.2 Å². The minimum absolute atomic E-state index is 0.00851. The number of hydrogen-bond acceptors (Lipinski definition) is 4. The molecule has 22 heavy (non-hydrogen) atoms. The van der Waals surface area contributed by atoms with Crippen LogP contribution in [0.3, 0.4) is 0 Å². The van der Waals surface area contributed by atoms with Crippen molar-refractivity contribution >= 4 is 11.3 Å². The maximum Gasteiger partial charge on any atom is 0.270 e. The summed E-state index contributed by atoms with van der Waals surface area (Å²) in [7, 11) is 0. The van der Waals surface area contributed by atoms with Gasteiger partial charge < -0.3 is 0 Å². The Kier molecular flexibility index (Phi) is 3.31. The molecule has 0 spiro atoms. The van der Waals surface area contributed by atoms with Crippen LogP contribution in [0.15, 0.2) is 42.5 Å². The van der Waals surface area contributed by atoms with Gasteiger partial charge in [-0.2, -0.15) is 5.26 Å². The third-order valence-electron chi connectivity index (χ3n) is 3.51. The maximum absolute atomic E-state index is 10.9. The van der Waals surface area contributed by atoms with Crippen LogP contribution in [0.5, 0.6) is 0 Å². The van der Waals surface area contributed by atoms with Gasteiger partial charge in [-0.3, -0.25) is 14.5 Å². The molecule has 0 amide bonds. The average Bonchev–Trinajstić information content (AvgIpc) is 2.88. The fraction of sp³-hybridized carbons (Fsp3) is 0.125. The predicted molar refractivity (Wildman–Crippen MR) is 81.3 cm³/mol. The van der Waals surface area contributed by atoms with Crippen molar-refractivity contribution in [3.8, 4) is 17.3 Å². The zero-order valence-electron chi connectivity index (χ0n) is 11.9. The lowest BCUT2D eigenvalue weighted by atomic mass is 10.1. The van der Waals surface area contributed by atoms with Crippen molar-refractivity contribution in [3.05, 3.63) is 64.0 Å². The first-order valence-corrected chi connectivity index (χ1v) is 6.70. The van der Waals surface area contributed by atoms with Crippen LogP contribution < -0.4 is 0 Å². The third-order valence-corrected chi connectivity index (χ3v) is 3.51. The van der Waals surface area contributed by atoms with Gasteiger partial charge in [0.2, 0.25) is 0 Å². The van der Waals surface area contributed by atoms with E-state index in [-0.39, 0.29) is 12.1 Å². The highest BCUT2D eigenvalue weighted by Crippen LogP contribution is 2.28. The van der Waals surface area contributed by atoms with E-state index in [9.17, 15) is 10.1 Å². The Bertz CT molecular complexity index is 922. The quantitative estimate of drug-likeness (QED) is 0.547. The van der Waals surface area contributed by atoms with Crippen molar-refractivity contribution in [2.45, 2.75) is 13.3 Å². The van der Waals surface area contributed by atoms with Gasteiger partial charge in [0.1, 0.15) is 5.65 Å². The first-order valence-electron chi connectivity index (χ1n) is 6.70. The molecule has 0 radical (unpaired) electrons.